The van der Waals surface area contributed by atoms with Gasteiger partial charge in [0.25, 0.3) is 0 Å². The van der Waals surface area contributed by atoms with E-state index in [1.165, 1.54) is 0 Å². The van der Waals surface area contributed by atoms with Crippen LogP contribution in [0.1, 0.15) is 28.7 Å². The van der Waals surface area contributed by atoms with E-state index in [0.29, 0.717) is 23.5 Å². The van der Waals surface area contributed by atoms with Crippen LogP contribution >= 0.6 is 0 Å². The van der Waals surface area contributed by atoms with Crippen LogP contribution < -0.4 is 9.47 Å². The third kappa shape index (κ3) is 3.42. The maximum Gasteiger partial charge on any atom is 0.169 e. The Hall–Kier alpha value is -2.30. The van der Waals surface area contributed by atoms with Crippen LogP contribution in [-0.2, 0) is 13.0 Å². The Morgan fingerprint density at radius 3 is 2.29 bits per heavy atom. The molecule has 5 heteroatoms. The Morgan fingerprint density at radius 2 is 1.76 bits per heavy atom. The molecule has 0 N–H and O–H groups in total. The number of aromatic nitrogens is 2. The summed E-state index contributed by atoms with van der Waals surface area (Å²) < 4.78 is 12.2. The molecule has 1 heterocycles. The van der Waals surface area contributed by atoms with E-state index >= 15 is 0 Å². The van der Waals surface area contributed by atoms with Crippen molar-refractivity contribution in [1.82, 2.24) is 9.78 Å². The lowest BCUT2D eigenvalue weighted by molar-refractivity contribution is 0.0990. The van der Waals surface area contributed by atoms with Gasteiger partial charge in [-0.15, -0.1) is 0 Å². The molecule has 0 aliphatic carbocycles. The first kappa shape index (κ1) is 15.1. The molecule has 2 aromatic rings. The fraction of sp³-hybridized carbons (Fsp3) is 0.375. The number of rotatable bonds is 6. The van der Waals surface area contributed by atoms with Crippen LogP contribution in [0.2, 0.25) is 0 Å². The maximum absolute atomic E-state index is 12.5. The molecule has 0 spiro atoms. The predicted octanol–water partition coefficient (Wildman–Crippen LogP) is 2.65. The molecule has 0 unspecified atom stereocenters. The third-order valence-electron chi connectivity index (χ3n) is 3.30. The summed E-state index contributed by atoms with van der Waals surface area (Å²) in [6.45, 7) is 4.68. The number of nitrogens with zero attached hydrogens (tertiary/aromatic N) is 2. The molecule has 0 bridgehead atoms. The number of methoxy groups -OCH3 is 2. The number of ketones is 1. The third-order valence-corrected chi connectivity index (χ3v) is 3.30. The standard InChI is InChI=1S/C16H20N2O3/c1-5-18-13(6-11(2)17-18)9-16(19)12-7-14(20-3)10-15(8-12)21-4/h6-8,10H,5,9H2,1-4H3. The Kier molecular flexibility index (Phi) is 4.62. The second-order valence-electron chi connectivity index (χ2n) is 4.79. The number of hydrogen-bond acceptors (Lipinski definition) is 4. The number of benzene rings is 1. The highest BCUT2D eigenvalue weighted by atomic mass is 16.5. The van der Waals surface area contributed by atoms with Crippen LogP contribution in [0, 0.1) is 6.92 Å². The molecular formula is C16H20N2O3. The molecule has 0 radical (unpaired) electrons. The highest BCUT2D eigenvalue weighted by molar-refractivity contribution is 5.98. The van der Waals surface area contributed by atoms with Gasteiger partial charge in [0.15, 0.2) is 5.78 Å². The molecule has 21 heavy (non-hydrogen) atoms. The summed E-state index contributed by atoms with van der Waals surface area (Å²) >= 11 is 0. The van der Waals surface area contributed by atoms with Crippen LogP contribution in [0.25, 0.3) is 0 Å². The Bertz CT molecular complexity index is 625. The molecular weight excluding hydrogens is 268 g/mol. The fourth-order valence-corrected chi connectivity index (χ4v) is 2.25. The molecule has 1 aromatic heterocycles. The monoisotopic (exact) mass is 288 g/mol. The van der Waals surface area contributed by atoms with Crippen molar-refractivity contribution in [1.29, 1.82) is 0 Å². The van der Waals surface area contributed by atoms with Gasteiger partial charge in [-0.25, -0.2) is 0 Å². The van der Waals surface area contributed by atoms with E-state index < -0.39 is 0 Å². The van der Waals surface area contributed by atoms with Crippen molar-refractivity contribution < 1.29 is 14.3 Å². The van der Waals surface area contributed by atoms with Crippen LogP contribution in [0.5, 0.6) is 11.5 Å². The van der Waals surface area contributed by atoms with Gasteiger partial charge in [-0.1, -0.05) is 0 Å². The fourth-order valence-electron chi connectivity index (χ4n) is 2.25. The molecule has 0 amide bonds. The van der Waals surface area contributed by atoms with Crippen molar-refractivity contribution >= 4 is 5.78 Å². The van der Waals surface area contributed by atoms with E-state index in [1.807, 2.05) is 24.6 Å². The van der Waals surface area contributed by atoms with Gasteiger partial charge in [0.2, 0.25) is 0 Å². The zero-order valence-corrected chi connectivity index (χ0v) is 12.8. The lowest BCUT2D eigenvalue weighted by Gasteiger charge is -2.08. The summed E-state index contributed by atoms with van der Waals surface area (Å²) in [5, 5.41) is 4.36. The first-order valence-electron chi connectivity index (χ1n) is 6.87. The molecule has 0 aliphatic heterocycles. The quantitative estimate of drug-likeness (QED) is 0.767. The summed E-state index contributed by atoms with van der Waals surface area (Å²) in [5.41, 5.74) is 2.41. The number of ether oxygens (including phenoxy) is 2. The highest BCUT2D eigenvalue weighted by Gasteiger charge is 2.14. The zero-order valence-electron chi connectivity index (χ0n) is 12.8. The average molecular weight is 288 g/mol. The molecule has 0 atom stereocenters. The van der Waals surface area contributed by atoms with Crippen LogP contribution in [0.15, 0.2) is 24.3 Å². The van der Waals surface area contributed by atoms with E-state index in [0.717, 1.165) is 17.9 Å². The van der Waals surface area contributed by atoms with Crippen molar-refractivity contribution in [3.05, 3.63) is 41.2 Å². The summed E-state index contributed by atoms with van der Waals surface area (Å²) in [7, 11) is 3.14. The summed E-state index contributed by atoms with van der Waals surface area (Å²) in [4.78, 5) is 12.5. The van der Waals surface area contributed by atoms with E-state index in [4.69, 9.17) is 9.47 Å². The number of hydrogen-bond donors (Lipinski definition) is 0. The molecule has 1 aromatic carbocycles. The summed E-state index contributed by atoms with van der Waals surface area (Å²) in [5.74, 6) is 1.23. The van der Waals surface area contributed by atoms with E-state index in [1.54, 1.807) is 32.4 Å². The number of carbonyl (C=O) groups is 1. The lowest BCUT2D eigenvalue weighted by Crippen LogP contribution is -2.10. The highest BCUT2D eigenvalue weighted by Crippen LogP contribution is 2.23. The molecule has 5 nitrogen and oxygen atoms in total. The number of aryl methyl sites for hydroxylation is 2. The number of Topliss-reactive ketones (excluding diaryl/α,β-unsaturated/α-hetero) is 1. The molecule has 0 saturated heterocycles. The van der Waals surface area contributed by atoms with Gasteiger partial charge in [0.1, 0.15) is 11.5 Å². The van der Waals surface area contributed by atoms with Gasteiger partial charge in [0.05, 0.1) is 26.3 Å². The molecule has 112 valence electrons. The Labute approximate surface area is 124 Å². The van der Waals surface area contributed by atoms with Gasteiger partial charge >= 0.3 is 0 Å². The van der Waals surface area contributed by atoms with Gasteiger partial charge in [0, 0.05) is 23.9 Å². The molecule has 0 fully saturated rings. The molecule has 2 rings (SSSR count). The van der Waals surface area contributed by atoms with Gasteiger partial charge < -0.3 is 9.47 Å². The number of carbonyl (C=O) groups excluding carboxylic acids is 1. The molecule has 0 aliphatic rings. The smallest absolute Gasteiger partial charge is 0.169 e. The van der Waals surface area contributed by atoms with Crippen molar-refractivity contribution in [2.45, 2.75) is 26.8 Å². The Balaban J connectivity index is 2.27. The van der Waals surface area contributed by atoms with Crippen molar-refractivity contribution in [3.63, 3.8) is 0 Å². The van der Waals surface area contributed by atoms with Gasteiger partial charge in [-0.2, -0.15) is 5.10 Å². The van der Waals surface area contributed by atoms with Crippen LogP contribution in [0.4, 0.5) is 0 Å². The largest absolute Gasteiger partial charge is 0.497 e. The van der Waals surface area contributed by atoms with Crippen molar-refractivity contribution in [2.75, 3.05) is 14.2 Å². The Morgan fingerprint density at radius 1 is 1.14 bits per heavy atom. The van der Waals surface area contributed by atoms with Crippen LogP contribution in [0.3, 0.4) is 0 Å². The first-order valence-corrected chi connectivity index (χ1v) is 6.87. The zero-order chi connectivity index (χ0) is 15.4. The minimum absolute atomic E-state index is 0.0156. The minimum Gasteiger partial charge on any atom is -0.497 e. The van der Waals surface area contributed by atoms with E-state index in [2.05, 4.69) is 5.10 Å². The normalized spacial score (nSPS) is 10.5. The topological polar surface area (TPSA) is 53.4 Å². The van der Waals surface area contributed by atoms with Crippen molar-refractivity contribution in [2.24, 2.45) is 0 Å². The van der Waals surface area contributed by atoms with Crippen molar-refractivity contribution in [3.8, 4) is 11.5 Å². The van der Waals surface area contributed by atoms with Crippen LogP contribution in [-0.4, -0.2) is 29.8 Å². The summed E-state index contributed by atoms with van der Waals surface area (Å²) in [6, 6.07) is 7.14. The van der Waals surface area contributed by atoms with Gasteiger partial charge in [-0.3, -0.25) is 9.48 Å². The lowest BCUT2D eigenvalue weighted by atomic mass is 10.1. The SMILES string of the molecule is CCn1nc(C)cc1CC(=O)c1cc(OC)cc(OC)c1. The molecule has 0 saturated carbocycles. The first-order chi connectivity index (χ1) is 10.1. The second-order valence-corrected chi connectivity index (χ2v) is 4.79. The average Bonchev–Trinajstić information content (AvgIpc) is 2.86. The predicted molar refractivity (Wildman–Crippen MR) is 80.2 cm³/mol. The summed E-state index contributed by atoms with van der Waals surface area (Å²) in [6.07, 6.45) is 0.311. The second kappa shape index (κ2) is 6.43. The maximum atomic E-state index is 12.5. The van der Waals surface area contributed by atoms with Gasteiger partial charge in [-0.05, 0) is 32.0 Å². The minimum atomic E-state index is 0.0156. The van der Waals surface area contributed by atoms with E-state index in [9.17, 15) is 4.79 Å². The van der Waals surface area contributed by atoms with E-state index in [-0.39, 0.29) is 5.78 Å².